The van der Waals surface area contributed by atoms with Crippen LogP contribution in [0.5, 0.6) is 0 Å². The molecule has 5 heteroatoms. The molecule has 1 heterocycles. The van der Waals surface area contributed by atoms with Gasteiger partial charge in [-0.1, -0.05) is 17.7 Å². The van der Waals surface area contributed by atoms with E-state index in [0.717, 1.165) is 16.5 Å². The van der Waals surface area contributed by atoms with E-state index in [4.69, 9.17) is 5.73 Å². The van der Waals surface area contributed by atoms with Gasteiger partial charge in [0.05, 0.1) is 23.0 Å². The number of anilines is 2. The summed E-state index contributed by atoms with van der Waals surface area (Å²) in [6, 6.07) is 11.0. The van der Waals surface area contributed by atoms with Gasteiger partial charge in [-0.2, -0.15) is 5.10 Å². The molecule has 0 aliphatic rings. The first kappa shape index (κ1) is 12.2. The number of hydrogen-bond acceptors (Lipinski definition) is 3. The van der Waals surface area contributed by atoms with Crippen LogP contribution in [0.4, 0.5) is 11.4 Å². The summed E-state index contributed by atoms with van der Waals surface area (Å²) in [5, 5.41) is 10.6. The first-order valence-corrected chi connectivity index (χ1v) is 6.25. The molecule has 0 radical (unpaired) electrons. The highest BCUT2D eigenvalue weighted by atomic mass is 16.1. The zero-order chi connectivity index (χ0) is 14.1. The number of nitrogen functional groups attached to an aromatic ring is 1. The van der Waals surface area contributed by atoms with Crippen LogP contribution in [0.15, 0.2) is 42.6 Å². The molecule has 100 valence electrons. The average Bonchev–Trinajstić information content (AvgIpc) is 2.91. The van der Waals surface area contributed by atoms with Gasteiger partial charge in [0.15, 0.2) is 0 Å². The number of carbonyl (C=O) groups is 1. The molecular formula is C15H14N4O. The van der Waals surface area contributed by atoms with Gasteiger partial charge < -0.3 is 11.1 Å². The number of nitrogens with one attached hydrogen (secondary N) is 2. The van der Waals surface area contributed by atoms with Crippen molar-refractivity contribution in [1.82, 2.24) is 10.2 Å². The molecule has 1 amide bonds. The number of H-pyrrole nitrogens is 1. The second kappa shape index (κ2) is 4.70. The highest BCUT2D eigenvalue weighted by Gasteiger charge is 2.12. The van der Waals surface area contributed by atoms with Gasteiger partial charge in [-0.05, 0) is 31.2 Å². The molecule has 5 nitrogen and oxygen atoms in total. The maximum absolute atomic E-state index is 12.3. The van der Waals surface area contributed by atoms with E-state index in [1.165, 1.54) is 0 Å². The minimum absolute atomic E-state index is 0.222. The fourth-order valence-electron chi connectivity index (χ4n) is 2.13. The summed E-state index contributed by atoms with van der Waals surface area (Å²) in [5.74, 6) is -0.222. The number of aromatic nitrogens is 2. The molecule has 20 heavy (non-hydrogen) atoms. The van der Waals surface area contributed by atoms with Crippen LogP contribution in [0, 0.1) is 6.92 Å². The van der Waals surface area contributed by atoms with Crippen LogP contribution in [0.25, 0.3) is 10.9 Å². The Morgan fingerprint density at radius 2 is 2.15 bits per heavy atom. The third-order valence-electron chi connectivity index (χ3n) is 3.19. The molecule has 0 unspecified atom stereocenters. The van der Waals surface area contributed by atoms with Crippen LogP contribution < -0.4 is 11.1 Å². The molecule has 0 bridgehead atoms. The van der Waals surface area contributed by atoms with Gasteiger partial charge in [0.25, 0.3) is 5.91 Å². The van der Waals surface area contributed by atoms with Crippen molar-refractivity contribution in [2.45, 2.75) is 6.92 Å². The smallest absolute Gasteiger partial charge is 0.257 e. The van der Waals surface area contributed by atoms with E-state index in [1.54, 1.807) is 18.3 Å². The Labute approximate surface area is 115 Å². The summed E-state index contributed by atoms with van der Waals surface area (Å²) in [7, 11) is 0. The van der Waals surface area contributed by atoms with E-state index >= 15 is 0 Å². The molecule has 4 N–H and O–H groups in total. The van der Waals surface area contributed by atoms with Crippen molar-refractivity contribution in [2.24, 2.45) is 0 Å². The van der Waals surface area contributed by atoms with E-state index in [-0.39, 0.29) is 5.91 Å². The standard InChI is InChI=1S/C15H14N4O/c1-9-5-6-12(16)10(7-9)15(20)18-13-3-2-4-14-11(13)8-17-19-14/h2-8H,16H2,1H3,(H,17,19)(H,18,20). The molecule has 1 aromatic heterocycles. The van der Waals surface area contributed by atoms with Crippen molar-refractivity contribution in [3.8, 4) is 0 Å². The van der Waals surface area contributed by atoms with Gasteiger partial charge >= 0.3 is 0 Å². The predicted octanol–water partition coefficient (Wildman–Crippen LogP) is 2.71. The SMILES string of the molecule is Cc1ccc(N)c(C(=O)Nc2cccc3[nH]ncc23)c1. The Morgan fingerprint density at radius 3 is 3.00 bits per heavy atom. The lowest BCUT2D eigenvalue weighted by Gasteiger charge is -2.09. The normalized spacial score (nSPS) is 10.7. The summed E-state index contributed by atoms with van der Waals surface area (Å²) in [4.78, 5) is 12.3. The van der Waals surface area contributed by atoms with Gasteiger partial charge in [-0.15, -0.1) is 0 Å². The van der Waals surface area contributed by atoms with Gasteiger partial charge in [0, 0.05) is 11.1 Å². The highest BCUT2D eigenvalue weighted by Crippen LogP contribution is 2.23. The number of carbonyl (C=O) groups excluding carboxylic acids is 1. The van der Waals surface area contributed by atoms with Crippen molar-refractivity contribution in [2.75, 3.05) is 11.1 Å². The summed E-state index contributed by atoms with van der Waals surface area (Å²) >= 11 is 0. The topological polar surface area (TPSA) is 83.8 Å². The Balaban J connectivity index is 1.96. The van der Waals surface area contributed by atoms with Gasteiger partial charge in [0.1, 0.15) is 0 Å². The van der Waals surface area contributed by atoms with E-state index in [9.17, 15) is 4.79 Å². The number of amides is 1. The van der Waals surface area contributed by atoms with Crippen LogP contribution in [0.1, 0.15) is 15.9 Å². The summed E-state index contributed by atoms with van der Waals surface area (Å²) in [6.07, 6.45) is 1.69. The quantitative estimate of drug-likeness (QED) is 0.623. The average molecular weight is 266 g/mol. The monoisotopic (exact) mass is 266 g/mol. The van der Waals surface area contributed by atoms with Gasteiger partial charge in [-0.25, -0.2) is 0 Å². The molecular weight excluding hydrogens is 252 g/mol. The number of benzene rings is 2. The molecule has 0 aliphatic carbocycles. The maximum atomic E-state index is 12.3. The van der Waals surface area contributed by atoms with Crippen molar-refractivity contribution in [1.29, 1.82) is 0 Å². The molecule has 0 fully saturated rings. The number of rotatable bonds is 2. The lowest BCUT2D eigenvalue weighted by atomic mass is 10.1. The molecule has 0 atom stereocenters. The molecule has 2 aromatic carbocycles. The summed E-state index contributed by atoms with van der Waals surface area (Å²) < 4.78 is 0. The van der Waals surface area contributed by atoms with Crippen LogP contribution in [0.3, 0.4) is 0 Å². The molecule has 3 aromatic rings. The lowest BCUT2D eigenvalue weighted by molar-refractivity contribution is 0.102. The first-order valence-electron chi connectivity index (χ1n) is 6.25. The molecule has 0 saturated carbocycles. The van der Waals surface area contributed by atoms with E-state index < -0.39 is 0 Å². The Bertz CT molecular complexity index is 791. The Morgan fingerprint density at radius 1 is 1.30 bits per heavy atom. The van der Waals surface area contributed by atoms with Gasteiger partial charge in [-0.3, -0.25) is 9.89 Å². The summed E-state index contributed by atoms with van der Waals surface area (Å²) in [5.41, 5.74) is 9.38. The lowest BCUT2D eigenvalue weighted by Crippen LogP contribution is -2.14. The third kappa shape index (κ3) is 2.09. The van der Waals surface area contributed by atoms with Crippen LogP contribution >= 0.6 is 0 Å². The highest BCUT2D eigenvalue weighted by molar-refractivity contribution is 6.11. The molecule has 0 aliphatic heterocycles. The minimum Gasteiger partial charge on any atom is -0.398 e. The predicted molar refractivity (Wildman–Crippen MR) is 79.6 cm³/mol. The van der Waals surface area contributed by atoms with E-state index in [1.807, 2.05) is 31.2 Å². The van der Waals surface area contributed by atoms with Crippen molar-refractivity contribution in [3.05, 3.63) is 53.7 Å². The largest absolute Gasteiger partial charge is 0.398 e. The van der Waals surface area contributed by atoms with Crippen LogP contribution in [-0.2, 0) is 0 Å². The number of hydrogen-bond donors (Lipinski definition) is 3. The number of aryl methyl sites for hydroxylation is 1. The van der Waals surface area contributed by atoms with Crippen molar-refractivity contribution >= 4 is 28.2 Å². The van der Waals surface area contributed by atoms with E-state index in [0.29, 0.717) is 16.9 Å². The van der Waals surface area contributed by atoms with Crippen molar-refractivity contribution in [3.63, 3.8) is 0 Å². The fourth-order valence-corrected chi connectivity index (χ4v) is 2.13. The third-order valence-corrected chi connectivity index (χ3v) is 3.19. The van der Waals surface area contributed by atoms with E-state index in [2.05, 4.69) is 15.5 Å². The second-order valence-corrected chi connectivity index (χ2v) is 4.68. The molecule has 0 spiro atoms. The van der Waals surface area contributed by atoms with Gasteiger partial charge in [0.2, 0.25) is 0 Å². The zero-order valence-electron chi connectivity index (χ0n) is 11.0. The minimum atomic E-state index is -0.222. The Kier molecular flexibility index (Phi) is 2.87. The zero-order valence-corrected chi connectivity index (χ0v) is 11.0. The van der Waals surface area contributed by atoms with Crippen LogP contribution in [-0.4, -0.2) is 16.1 Å². The Hall–Kier alpha value is -2.82. The fraction of sp³-hybridized carbons (Fsp3) is 0.0667. The first-order chi connectivity index (χ1) is 9.65. The molecule has 3 rings (SSSR count). The maximum Gasteiger partial charge on any atom is 0.257 e. The number of fused-ring (bicyclic) bond motifs is 1. The number of nitrogens with two attached hydrogens (primary N) is 1. The van der Waals surface area contributed by atoms with Crippen LogP contribution in [0.2, 0.25) is 0 Å². The number of aromatic amines is 1. The second-order valence-electron chi connectivity index (χ2n) is 4.68. The van der Waals surface area contributed by atoms with Crippen molar-refractivity contribution < 1.29 is 4.79 Å². The number of nitrogens with zero attached hydrogens (tertiary/aromatic N) is 1. The summed E-state index contributed by atoms with van der Waals surface area (Å²) in [6.45, 7) is 1.92. The molecule has 0 saturated heterocycles.